The van der Waals surface area contributed by atoms with E-state index in [4.69, 9.17) is 0 Å². The van der Waals surface area contributed by atoms with Crippen molar-refractivity contribution in [2.75, 3.05) is 32.4 Å². The van der Waals surface area contributed by atoms with Gasteiger partial charge in [-0.15, -0.1) is 0 Å². The number of carbonyl (C=O) groups is 3. The van der Waals surface area contributed by atoms with Gasteiger partial charge in [0.05, 0.1) is 17.4 Å². The van der Waals surface area contributed by atoms with Gasteiger partial charge in [-0.25, -0.2) is 8.42 Å². The van der Waals surface area contributed by atoms with E-state index in [1.807, 2.05) is 42.2 Å². The fourth-order valence-electron chi connectivity index (χ4n) is 5.10. The first kappa shape index (κ1) is 30.5. The molecule has 0 saturated carbocycles. The van der Waals surface area contributed by atoms with Crippen LogP contribution in [0.3, 0.4) is 0 Å². The second-order valence-corrected chi connectivity index (χ2v) is 12.4. The van der Waals surface area contributed by atoms with Crippen LogP contribution in [0.1, 0.15) is 63.1 Å². The Morgan fingerprint density at radius 1 is 1.00 bits per heavy atom. The van der Waals surface area contributed by atoms with Crippen molar-refractivity contribution in [3.05, 3.63) is 65.7 Å². The number of sulfone groups is 1. The summed E-state index contributed by atoms with van der Waals surface area (Å²) in [6, 6.07) is 16.5. The predicted molar refractivity (Wildman–Crippen MR) is 152 cm³/mol. The van der Waals surface area contributed by atoms with Crippen LogP contribution in [-0.2, 0) is 30.6 Å². The lowest BCUT2D eigenvalue weighted by atomic mass is 9.99. The molecule has 1 aliphatic rings. The lowest BCUT2D eigenvalue weighted by molar-refractivity contribution is -0.133. The Hall–Kier alpha value is -3.04. The average Bonchev–Trinajstić information content (AvgIpc) is 2.91. The summed E-state index contributed by atoms with van der Waals surface area (Å²) >= 11 is 0. The van der Waals surface area contributed by atoms with Crippen LogP contribution in [0.5, 0.6) is 0 Å². The summed E-state index contributed by atoms with van der Waals surface area (Å²) in [7, 11) is -3.26. The number of carbonyl (C=O) groups excluding carboxylic acids is 3. The maximum absolute atomic E-state index is 13.1. The smallest absolute Gasteiger partial charge is 0.227 e. The molecule has 1 atom stereocenters. The topological polar surface area (TPSA) is 104 Å². The number of likely N-dealkylation sites (N-methyl/N-ethyl adjacent to an activating group) is 1. The quantitative estimate of drug-likeness (QED) is 0.405. The highest BCUT2D eigenvalue weighted by atomic mass is 32.2. The van der Waals surface area contributed by atoms with Gasteiger partial charge in [0.25, 0.3) is 0 Å². The SMILES string of the molecule is CCN(C(=O)Cc1ccc(S(C)(=O)=O)cc1)C1CCN(CCC(NC(=O)CCC(C)=O)c2ccccc2)CC1. The molecule has 2 amide bonds. The Morgan fingerprint density at radius 2 is 1.64 bits per heavy atom. The van der Waals surface area contributed by atoms with Gasteiger partial charge in [-0.2, -0.15) is 0 Å². The number of nitrogens with one attached hydrogen (secondary N) is 1. The number of likely N-dealkylation sites (tertiary alicyclic amines) is 1. The number of Topliss-reactive ketones (excluding diaryl/α,β-unsaturated/α-hetero) is 1. The monoisotopic (exact) mass is 555 g/mol. The summed E-state index contributed by atoms with van der Waals surface area (Å²) in [5.41, 5.74) is 1.86. The number of amides is 2. The molecule has 212 valence electrons. The van der Waals surface area contributed by atoms with E-state index in [1.54, 1.807) is 24.3 Å². The third-order valence-corrected chi connectivity index (χ3v) is 8.47. The third kappa shape index (κ3) is 9.58. The van der Waals surface area contributed by atoms with Crippen LogP contribution in [0.2, 0.25) is 0 Å². The summed E-state index contributed by atoms with van der Waals surface area (Å²) in [6.45, 7) is 6.70. The summed E-state index contributed by atoms with van der Waals surface area (Å²) in [5, 5.41) is 3.11. The minimum atomic E-state index is -3.26. The molecule has 1 unspecified atom stereocenters. The molecule has 0 aromatic heterocycles. The average molecular weight is 556 g/mol. The summed E-state index contributed by atoms with van der Waals surface area (Å²) in [5.74, 6) is -0.0463. The number of ketones is 1. The molecule has 0 spiro atoms. The molecule has 39 heavy (non-hydrogen) atoms. The molecule has 2 aromatic carbocycles. The van der Waals surface area contributed by atoms with Crippen LogP contribution in [0, 0.1) is 0 Å². The van der Waals surface area contributed by atoms with E-state index in [2.05, 4.69) is 10.2 Å². The zero-order valence-corrected chi connectivity index (χ0v) is 24.1. The summed E-state index contributed by atoms with van der Waals surface area (Å²) in [4.78, 5) is 41.4. The van der Waals surface area contributed by atoms with Crippen LogP contribution >= 0.6 is 0 Å². The van der Waals surface area contributed by atoms with Gasteiger partial charge in [-0.3, -0.25) is 9.59 Å². The lowest BCUT2D eigenvalue weighted by Crippen LogP contribution is -2.48. The van der Waals surface area contributed by atoms with Gasteiger partial charge in [0.15, 0.2) is 9.84 Å². The number of piperidine rings is 1. The van der Waals surface area contributed by atoms with Crippen molar-refractivity contribution in [3.8, 4) is 0 Å². The molecule has 1 fully saturated rings. The molecular weight excluding hydrogens is 514 g/mol. The molecule has 1 saturated heterocycles. The Bertz CT molecular complexity index is 1210. The van der Waals surface area contributed by atoms with Crippen LogP contribution in [0.4, 0.5) is 0 Å². The summed E-state index contributed by atoms with van der Waals surface area (Å²) < 4.78 is 23.4. The van der Waals surface area contributed by atoms with Gasteiger partial charge < -0.3 is 19.9 Å². The van der Waals surface area contributed by atoms with Crippen molar-refractivity contribution in [3.63, 3.8) is 0 Å². The maximum atomic E-state index is 13.1. The highest BCUT2D eigenvalue weighted by Gasteiger charge is 2.27. The number of hydrogen-bond donors (Lipinski definition) is 1. The molecule has 0 radical (unpaired) electrons. The van der Waals surface area contributed by atoms with Crippen LogP contribution in [0.25, 0.3) is 0 Å². The van der Waals surface area contributed by atoms with Gasteiger partial charge in [0.2, 0.25) is 11.8 Å². The van der Waals surface area contributed by atoms with E-state index in [1.165, 1.54) is 13.2 Å². The van der Waals surface area contributed by atoms with Gasteiger partial charge in [-0.1, -0.05) is 42.5 Å². The first-order valence-corrected chi connectivity index (χ1v) is 15.6. The van der Waals surface area contributed by atoms with Gasteiger partial charge >= 0.3 is 0 Å². The fraction of sp³-hybridized carbons (Fsp3) is 0.500. The van der Waals surface area contributed by atoms with Crippen molar-refractivity contribution in [1.82, 2.24) is 15.1 Å². The van der Waals surface area contributed by atoms with E-state index >= 15 is 0 Å². The highest BCUT2D eigenvalue weighted by Crippen LogP contribution is 2.22. The Morgan fingerprint density at radius 3 is 2.21 bits per heavy atom. The molecule has 9 heteroatoms. The van der Waals surface area contributed by atoms with E-state index in [0.717, 1.165) is 50.0 Å². The molecule has 0 bridgehead atoms. The van der Waals surface area contributed by atoms with E-state index < -0.39 is 9.84 Å². The predicted octanol–water partition coefficient (Wildman–Crippen LogP) is 3.56. The number of rotatable bonds is 13. The molecule has 3 rings (SSSR count). The number of benzene rings is 2. The zero-order chi connectivity index (χ0) is 28.4. The van der Waals surface area contributed by atoms with Crippen molar-refractivity contribution in [2.45, 2.75) is 69.4 Å². The maximum Gasteiger partial charge on any atom is 0.227 e. The van der Waals surface area contributed by atoms with E-state index in [9.17, 15) is 22.8 Å². The van der Waals surface area contributed by atoms with Crippen LogP contribution < -0.4 is 5.32 Å². The van der Waals surface area contributed by atoms with Crippen LogP contribution in [0.15, 0.2) is 59.5 Å². The third-order valence-electron chi connectivity index (χ3n) is 7.34. The Kier molecular flexibility index (Phi) is 11.2. The normalized spacial score (nSPS) is 15.5. The highest BCUT2D eigenvalue weighted by molar-refractivity contribution is 7.90. The molecule has 2 aromatic rings. The van der Waals surface area contributed by atoms with Crippen LogP contribution in [-0.4, -0.2) is 74.3 Å². The number of nitrogens with zero attached hydrogens (tertiary/aromatic N) is 2. The fourth-order valence-corrected chi connectivity index (χ4v) is 5.73. The number of hydrogen-bond acceptors (Lipinski definition) is 6. The Balaban J connectivity index is 1.52. The van der Waals surface area contributed by atoms with Crippen molar-refractivity contribution < 1.29 is 22.8 Å². The largest absolute Gasteiger partial charge is 0.349 e. The molecule has 8 nitrogen and oxygen atoms in total. The first-order chi connectivity index (χ1) is 18.6. The van der Waals surface area contributed by atoms with E-state index in [-0.39, 0.29) is 53.8 Å². The second-order valence-electron chi connectivity index (χ2n) is 10.4. The zero-order valence-electron chi connectivity index (χ0n) is 23.3. The molecule has 1 heterocycles. The summed E-state index contributed by atoms with van der Waals surface area (Å²) in [6.07, 6.45) is 4.40. The first-order valence-electron chi connectivity index (χ1n) is 13.7. The second kappa shape index (κ2) is 14.4. The van der Waals surface area contributed by atoms with Crippen molar-refractivity contribution in [2.24, 2.45) is 0 Å². The Labute approximate surface area is 232 Å². The molecule has 0 aliphatic carbocycles. The molecule has 1 N–H and O–H groups in total. The van der Waals surface area contributed by atoms with Crippen molar-refractivity contribution in [1.29, 1.82) is 0 Å². The minimum Gasteiger partial charge on any atom is -0.349 e. The molecular formula is C30H41N3O5S. The van der Waals surface area contributed by atoms with Gasteiger partial charge in [-0.05, 0) is 56.4 Å². The van der Waals surface area contributed by atoms with E-state index in [0.29, 0.717) is 6.54 Å². The molecule has 1 aliphatic heterocycles. The standard InChI is InChI=1S/C30H41N3O5S/c1-4-33(30(36)22-24-11-13-27(14-12-24)39(3,37)38)26-16-19-32(20-17-26)21-18-28(25-8-6-5-7-9-25)31-29(35)15-10-23(2)34/h5-9,11-14,26,28H,4,10,15-22H2,1-3H3,(H,31,35). The van der Waals surface area contributed by atoms with Gasteiger partial charge in [0.1, 0.15) is 5.78 Å². The van der Waals surface area contributed by atoms with Gasteiger partial charge in [0, 0.05) is 51.3 Å². The minimum absolute atomic E-state index is 0.00809. The lowest BCUT2D eigenvalue weighted by Gasteiger charge is -2.38. The van der Waals surface area contributed by atoms with Crippen molar-refractivity contribution >= 4 is 27.4 Å².